The Labute approximate surface area is 139 Å². The first-order valence-corrected chi connectivity index (χ1v) is 7.16. The molecule has 0 saturated heterocycles. The topological polar surface area (TPSA) is 101 Å². The van der Waals surface area contributed by atoms with E-state index in [-0.39, 0.29) is 11.4 Å². The zero-order valence-corrected chi connectivity index (χ0v) is 13.2. The summed E-state index contributed by atoms with van der Waals surface area (Å²) in [6.07, 6.45) is 0. The number of rotatable bonds is 3. The van der Waals surface area contributed by atoms with Gasteiger partial charge in [0.1, 0.15) is 5.69 Å². The summed E-state index contributed by atoms with van der Waals surface area (Å²) in [5, 5.41) is 15.5. The fourth-order valence-corrected chi connectivity index (χ4v) is 2.00. The van der Waals surface area contributed by atoms with Crippen molar-refractivity contribution in [3.05, 3.63) is 62.2 Å². The van der Waals surface area contributed by atoms with E-state index >= 15 is 0 Å². The van der Waals surface area contributed by atoms with Crippen molar-refractivity contribution in [1.29, 1.82) is 0 Å². The molecule has 22 heavy (non-hydrogen) atoms. The second-order valence-corrected chi connectivity index (χ2v) is 5.44. The molecule has 0 aliphatic rings. The molecule has 0 fully saturated rings. The van der Waals surface area contributed by atoms with Crippen molar-refractivity contribution in [1.82, 2.24) is 0 Å². The van der Waals surface area contributed by atoms with Gasteiger partial charge in [-0.1, -0.05) is 12.1 Å². The molecule has 0 aromatic heterocycles. The first-order valence-electron chi connectivity index (χ1n) is 6.08. The van der Waals surface area contributed by atoms with Gasteiger partial charge in [0.2, 0.25) is 0 Å². The summed E-state index contributed by atoms with van der Waals surface area (Å²) in [7, 11) is 0. The molecule has 2 rings (SSSR count). The number of carbonyl (C=O) groups is 2. The fraction of sp³-hybridized carbons (Fsp3) is 0. The number of anilines is 2. The second-order valence-electron chi connectivity index (χ2n) is 4.19. The normalized spacial score (nSPS) is 9.86. The van der Waals surface area contributed by atoms with Crippen molar-refractivity contribution in [3.63, 3.8) is 0 Å². The van der Waals surface area contributed by atoms with E-state index in [1.54, 1.807) is 24.3 Å². The van der Waals surface area contributed by atoms with Crippen molar-refractivity contribution in [2.45, 2.75) is 0 Å². The number of benzene rings is 2. The minimum absolute atomic E-state index is 0.0322. The SMILES string of the molecule is O=C(Nc1ccc(I)cc1)C(=O)Nc1ccccc1[N+](=O)[O-]. The highest BCUT2D eigenvalue weighted by atomic mass is 127. The Morgan fingerprint density at radius 3 is 2.18 bits per heavy atom. The summed E-state index contributed by atoms with van der Waals surface area (Å²) in [6.45, 7) is 0. The lowest BCUT2D eigenvalue weighted by molar-refractivity contribution is -0.383. The van der Waals surface area contributed by atoms with Gasteiger partial charge in [-0.3, -0.25) is 19.7 Å². The summed E-state index contributed by atoms with van der Waals surface area (Å²) >= 11 is 2.11. The molecule has 0 bridgehead atoms. The molecule has 7 nitrogen and oxygen atoms in total. The van der Waals surface area contributed by atoms with Crippen LogP contribution in [-0.2, 0) is 9.59 Å². The van der Waals surface area contributed by atoms with Crippen molar-refractivity contribution in [2.75, 3.05) is 10.6 Å². The predicted molar refractivity (Wildman–Crippen MR) is 89.5 cm³/mol. The maximum absolute atomic E-state index is 11.8. The van der Waals surface area contributed by atoms with Gasteiger partial charge < -0.3 is 10.6 Å². The minimum Gasteiger partial charge on any atom is -0.318 e. The van der Waals surface area contributed by atoms with Crippen LogP contribution in [0.15, 0.2) is 48.5 Å². The molecule has 0 saturated carbocycles. The number of halogens is 1. The summed E-state index contributed by atoms with van der Waals surface area (Å²) in [5.74, 6) is -1.88. The summed E-state index contributed by atoms with van der Waals surface area (Å²) in [5.41, 5.74) is 0.149. The molecule has 8 heteroatoms. The molecule has 0 aliphatic carbocycles. The molecule has 2 N–H and O–H groups in total. The lowest BCUT2D eigenvalue weighted by Gasteiger charge is -2.07. The number of hydrogen-bond acceptors (Lipinski definition) is 4. The number of nitrogens with one attached hydrogen (secondary N) is 2. The van der Waals surface area contributed by atoms with E-state index in [1.807, 2.05) is 0 Å². The Hall–Kier alpha value is -2.49. The predicted octanol–water partition coefficient (Wildman–Crippen LogP) is 2.78. The third-order valence-electron chi connectivity index (χ3n) is 2.66. The van der Waals surface area contributed by atoms with Gasteiger partial charge >= 0.3 is 11.8 Å². The average Bonchev–Trinajstić information content (AvgIpc) is 2.49. The Morgan fingerprint density at radius 1 is 0.955 bits per heavy atom. The van der Waals surface area contributed by atoms with Crippen molar-refractivity contribution < 1.29 is 14.5 Å². The molecular formula is C14H10IN3O4. The number of para-hydroxylation sites is 2. The van der Waals surface area contributed by atoms with Crippen LogP contribution in [0.25, 0.3) is 0 Å². The third kappa shape index (κ3) is 4.01. The van der Waals surface area contributed by atoms with Crippen molar-refractivity contribution in [2.24, 2.45) is 0 Å². The molecule has 0 unspecified atom stereocenters. The van der Waals surface area contributed by atoms with Crippen LogP contribution in [0.4, 0.5) is 17.1 Å². The van der Waals surface area contributed by atoms with Crippen LogP contribution in [0.5, 0.6) is 0 Å². The number of carbonyl (C=O) groups excluding carboxylic acids is 2. The molecular weight excluding hydrogens is 401 g/mol. The molecule has 0 radical (unpaired) electrons. The molecule has 2 aromatic rings. The Balaban J connectivity index is 2.07. The van der Waals surface area contributed by atoms with Crippen LogP contribution < -0.4 is 10.6 Å². The minimum atomic E-state index is -0.979. The van der Waals surface area contributed by atoms with Gasteiger partial charge in [-0.05, 0) is 52.9 Å². The van der Waals surface area contributed by atoms with Gasteiger partial charge in [-0.25, -0.2) is 0 Å². The number of nitro groups is 1. The Morgan fingerprint density at radius 2 is 1.55 bits per heavy atom. The Kier molecular flexibility index (Phi) is 5.04. The highest BCUT2D eigenvalue weighted by molar-refractivity contribution is 14.1. The van der Waals surface area contributed by atoms with E-state index in [0.717, 1.165) is 3.57 Å². The average molecular weight is 411 g/mol. The first kappa shape index (κ1) is 15.9. The number of nitro benzene ring substituents is 1. The lowest BCUT2D eigenvalue weighted by Crippen LogP contribution is -2.29. The fourth-order valence-electron chi connectivity index (χ4n) is 1.64. The van der Waals surface area contributed by atoms with Crippen molar-refractivity contribution in [3.8, 4) is 0 Å². The molecule has 0 spiro atoms. The van der Waals surface area contributed by atoms with E-state index < -0.39 is 16.7 Å². The van der Waals surface area contributed by atoms with Crippen LogP contribution in [0.3, 0.4) is 0 Å². The number of amides is 2. The maximum atomic E-state index is 11.8. The quantitative estimate of drug-likeness (QED) is 0.351. The lowest BCUT2D eigenvalue weighted by atomic mass is 10.2. The van der Waals surface area contributed by atoms with E-state index in [9.17, 15) is 19.7 Å². The monoisotopic (exact) mass is 411 g/mol. The summed E-state index contributed by atoms with van der Waals surface area (Å²) < 4.78 is 0.986. The molecule has 2 aromatic carbocycles. The van der Waals surface area contributed by atoms with Gasteiger partial charge in [0.15, 0.2) is 0 Å². The zero-order valence-electron chi connectivity index (χ0n) is 11.1. The van der Waals surface area contributed by atoms with E-state index in [1.165, 1.54) is 24.3 Å². The summed E-state index contributed by atoms with van der Waals surface area (Å²) in [6, 6.07) is 12.4. The molecule has 0 heterocycles. The van der Waals surface area contributed by atoms with Crippen molar-refractivity contribution >= 4 is 51.5 Å². The standard InChI is InChI=1S/C14H10IN3O4/c15-9-5-7-10(8-6-9)16-13(19)14(20)17-11-3-1-2-4-12(11)18(21)22/h1-8H,(H,16,19)(H,17,20). The van der Waals surface area contributed by atoms with Crippen LogP contribution in [-0.4, -0.2) is 16.7 Å². The van der Waals surface area contributed by atoms with Crippen LogP contribution in [0.1, 0.15) is 0 Å². The largest absolute Gasteiger partial charge is 0.318 e. The van der Waals surface area contributed by atoms with Crippen LogP contribution in [0.2, 0.25) is 0 Å². The van der Waals surface area contributed by atoms with Gasteiger partial charge in [0.05, 0.1) is 4.92 Å². The van der Waals surface area contributed by atoms with Gasteiger partial charge in [0.25, 0.3) is 5.69 Å². The summed E-state index contributed by atoms with van der Waals surface area (Å²) in [4.78, 5) is 33.8. The first-order chi connectivity index (χ1) is 10.5. The van der Waals surface area contributed by atoms with E-state index in [0.29, 0.717) is 5.69 Å². The van der Waals surface area contributed by atoms with E-state index in [4.69, 9.17) is 0 Å². The van der Waals surface area contributed by atoms with Gasteiger partial charge in [-0.15, -0.1) is 0 Å². The van der Waals surface area contributed by atoms with Crippen LogP contribution in [0, 0.1) is 13.7 Å². The third-order valence-corrected chi connectivity index (χ3v) is 3.38. The Bertz CT molecular complexity index is 731. The molecule has 0 atom stereocenters. The molecule has 0 aliphatic heterocycles. The molecule has 2 amide bonds. The second kappa shape index (κ2) is 6.98. The van der Waals surface area contributed by atoms with E-state index in [2.05, 4.69) is 33.2 Å². The van der Waals surface area contributed by atoms with Gasteiger partial charge in [0, 0.05) is 15.3 Å². The van der Waals surface area contributed by atoms with Gasteiger partial charge in [-0.2, -0.15) is 0 Å². The highest BCUT2D eigenvalue weighted by Crippen LogP contribution is 2.23. The highest BCUT2D eigenvalue weighted by Gasteiger charge is 2.19. The smallest absolute Gasteiger partial charge is 0.314 e. The zero-order chi connectivity index (χ0) is 16.1. The van der Waals surface area contributed by atoms with Crippen LogP contribution >= 0.6 is 22.6 Å². The number of nitrogens with zero attached hydrogens (tertiary/aromatic N) is 1. The number of hydrogen-bond donors (Lipinski definition) is 2. The maximum Gasteiger partial charge on any atom is 0.314 e. The molecule has 112 valence electrons.